The van der Waals surface area contributed by atoms with Crippen molar-refractivity contribution in [3.63, 3.8) is 0 Å². The molecule has 1 aliphatic carbocycles. The molecule has 1 aromatic carbocycles. The Bertz CT molecular complexity index is 660. The highest BCUT2D eigenvalue weighted by atomic mass is 16.5. The number of nitrogens with zero attached hydrogens (tertiary/aromatic N) is 1. The van der Waals surface area contributed by atoms with Crippen LogP contribution in [0, 0.1) is 5.92 Å². The van der Waals surface area contributed by atoms with Crippen LogP contribution in [-0.2, 0) is 0 Å². The number of nitrogen functional groups attached to an aromatic ring is 1. The first-order valence-corrected chi connectivity index (χ1v) is 7.15. The van der Waals surface area contributed by atoms with Gasteiger partial charge in [0.25, 0.3) is 11.6 Å². The van der Waals surface area contributed by atoms with Crippen LogP contribution >= 0.6 is 0 Å². The van der Waals surface area contributed by atoms with Gasteiger partial charge in [0.15, 0.2) is 0 Å². The third kappa shape index (κ3) is 2.76. The van der Waals surface area contributed by atoms with E-state index in [9.17, 15) is 4.79 Å². The lowest BCUT2D eigenvalue weighted by molar-refractivity contribution is 0.196. The highest BCUT2D eigenvalue weighted by Gasteiger charge is 2.14. The predicted octanol–water partition coefficient (Wildman–Crippen LogP) is 2.46. The number of aromatic amines is 1. The lowest BCUT2D eigenvalue weighted by Crippen LogP contribution is -2.18. The van der Waals surface area contributed by atoms with Gasteiger partial charge in [-0.3, -0.25) is 9.78 Å². The molecule has 0 bridgehead atoms. The van der Waals surface area contributed by atoms with Gasteiger partial charge < -0.3 is 10.5 Å². The van der Waals surface area contributed by atoms with Crippen molar-refractivity contribution < 1.29 is 4.74 Å². The summed E-state index contributed by atoms with van der Waals surface area (Å²) in [6.07, 6.45) is 6.27. The molecule has 0 amide bonds. The Balaban J connectivity index is 1.78. The molecule has 1 fully saturated rings. The van der Waals surface area contributed by atoms with Gasteiger partial charge in [0, 0.05) is 5.69 Å². The van der Waals surface area contributed by atoms with E-state index < -0.39 is 0 Å². The average Bonchev–Trinajstić information content (AvgIpc) is 2.47. The molecule has 0 saturated heterocycles. The Morgan fingerprint density at radius 2 is 2.10 bits per heavy atom. The van der Waals surface area contributed by atoms with E-state index in [-0.39, 0.29) is 5.56 Å². The van der Waals surface area contributed by atoms with Crippen molar-refractivity contribution >= 4 is 16.6 Å². The lowest BCUT2D eigenvalue weighted by atomic mass is 9.90. The van der Waals surface area contributed by atoms with Gasteiger partial charge in [0.2, 0.25) is 0 Å². The molecule has 0 aliphatic heterocycles. The summed E-state index contributed by atoms with van der Waals surface area (Å²) in [5.74, 6) is 0.580. The van der Waals surface area contributed by atoms with E-state index >= 15 is 0 Å². The second-order valence-electron chi connectivity index (χ2n) is 5.46. The first kappa shape index (κ1) is 13.0. The summed E-state index contributed by atoms with van der Waals surface area (Å²) in [7, 11) is 0. The number of nitrogens with one attached hydrogen (secondary N) is 1. The number of fused-ring (bicyclic) bond motifs is 1. The third-order valence-corrected chi connectivity index (χ3v) is 3.89. The second-order valence-corrected chi connectivity index (χ2v) is 5.46. The molecule has 20 heavy (non-hydrogen) atoms. The maximum atomic E-state index is 12.0. The zero-order valence-corrected chi connectivity index (χ0v) is 11.4. The molecule has 5 heteroatoms. The quantitative estimate of drug-likeness (QED) is 0.842. The fourth-order valence-electron chi connectivity index (χ4n) is 2.75. The van der Waals surface area contributed by atoms with Gasteiger partial charge >= 0.3 is 0 Å². The molecular formula is C15H19N3O2. The molecule has 1 aromatic heterocycles. The van der Waals surface area contributed by atoms with Crippen LogP contribution < -0.4 is 16.0 Å². The number of aromatic nitrogens is 2. The van der Waals surface area contributed by atoms with Crippen molar-refractivity contribution in [2.45, 2.75) is 32.1 Å². The number of H-pyrrole nitrogens is 1. The minimum atomic E-state index is -0.207. The van der Waals surface area contributed by atoms with Gasteiger partial charge in [-0.2, -0.15) is 4.98 Å². The van der Waals surface area contributed by atoms with E-state index in [1.165, 1.54) is 32.1 Å². The molecule has 106 valence electrons. The summed E-state index contributed by atoms with van der Waals surface area (Å²) in [6.45, 7) is 0.628. The van der Waals surface area contributed by atoms with E-state index in [0.29, 0.717) is 35.1 Å². The van der Waals surface area contributed by atoms with Crippen LogP contribution in [0.1, 0.15) is 32.1 Å². The summed E-state index contributed by atoms with van der Waals surface area (Å²) >= 11 is 0. The first-order valence-electron chi connectivity index (χ1n) is 7.15. The molecular weight excluding hydrogens is 254 g/mol. The Kier molecular flexibility index (Phi) is 3.58. The van der Waals surface area contributed by atoms with Crippen LogP contribution in [-0.4, -0.2) is 16.6 Å². The Labute approximate surface area is 117 Å². The van der Waals surface area contributed by atoms with Crippen molar-refractivity contribution in [3.8, 4) is 6.01 Å². The van der Waals surface area contributed by atoms with Crippen LogP contribution in [0.3, 0.4) is 0 Å². The Morgan fingerprint density at radius 3 is 2.90 bits per heavy atom. The Morgan fingerprint density at radius 1 is 1.30 bits per heavy atom. The normalized spacial score (nSPS) is 16.4. The van der Waals surface area contributed by atoms with E-state index in [1.807, 2.05) is 0 Å². The number of anilines is 1. The van der Waals surface area contributed by atoms with E-state index in [0.717, 1.165) is 0 Å². The lowest BCUT2D eigenvalue weighted by Gasteiger charge is -2.21. The molecule has 0 atom stereocenters. The van der Waals surface area contributed by atoms with Gasteiger partial charge in [0.05, 0.1) is 17.5 Å². The van der Waals surface area contributed by atoms with Gasteiger partial charge in [-0.25, -0.2) is 0 Å². The summed E-state index contributed by atoms with van der Waals surface area (Å²) in [5, 5.41) is 0.495. The number of rotatable bonds is 3. The molecule has 0 radical (unpaired) electrons. The third-order valence-electron chi connectivity index (χ3n) is 3.89. The summed E-state index contributed by atoms with van der Waals surface area (Å²) < 4.78 is 5.67. The van der Waals surface area contributed by atoms with Crippen LogP contribution in [0.4, 0.5) is 5.69 Å². The average molecular weight is 273 g/mol. The SMILES string of the molecule is Nc1ccc2nc(OCC3CCCCC3)[nH]c(=O)c2c1. The molecule has 0 unspecified atom stereocenters. The number of hydrogen-bond donors (Lipinski definition) is 2. The van der Waals surface area contributed by atoms with Gasteiger partial charge in [-0.15, -0.1) is 0 Å². The topological polar surface area (TPSA) is 81.0 Å². The fraction of sp³-hybridized carbons (Fsp3) is 0.467. The molecule has 1 aliphatic rings. The highest BCUT2D eigenvalue weighted by molar-refractivity contribution is 5.81. The van der Waals surface area contributed by atoms with Crippen LogP contribution in [0.25, 0.3) is 10.9 Å². The summed E-state index contributed by atoms with van der Waals surface area (Å²) in [4.78, 5) is 19.0. The van der Waals surface area contributed by atoms with Gasteiger partial charge in [-0.05, 0) is 37.0 Å². The molecule has 2 aromatic rings. The largest absolute Gasteiger partial charge is 0.464 e. The van der Waals surface area contributed by atoms with Crippen molar-refractivity contribution in [2.24, 2.45) is 5.92 Å². The number of nitrogens with two attached hydrogens (primary N) is 1. The maximum absolute atomic E-state index is 12.0. The molecule has 3 rings (SSSR count). The second kappa shape index (κ2) is 5.53. The maximum Gasteiger partial charge on any atom is 0.297 e. The van der Waals surface area contributed by atoms with Gasteiger partial charge in [0.1, 0.15) is 0 Å². The minimum Gasteiger partial charge on any atom is -0.464 e. The summed E-state index contributed by atoms with van der Waals surface area (Å²) in [5.41, 5.74) is 6.64. The number of benzene rings is 1. The smallest absolute Gasteiger partial charge is 0.297 e. The van der Waals surface area contributed by atoms with Crippen molar-refractivity contribution in [2.75, 3.05) is 12.3 Å². The molecule has 0 spiro atoms. The van der Waals surface area contributed by atoms with Crippen molar-refractivity contribution in [1.29, 1.82) is 0 Å². The molecule has 3 N–H and O–H groups in total. The number of ether oxygens (including phenoxy) is 1. The van der Waals surface area contributed by atoms with Crippen LogP contribution in [0.2, 0.25) is 0 Å². The monoisotopic (exact) mass is 273 g/mol. The van der Waals surface area contributed by atoms with Crippen molar-refractivity contribution in [3.05, 3.63) is 28.6 Å². The zero-order chi connectivity index (χ0) is 13.9. The zero-order valence-electron chi connectivity index (χ0n) is 11.4. The molecule has 1 saturated carbocycles. The Hall–Kier alpha value is -2.04. The van der Waals surface area contributed by atoms with E-state index in [2.05, 4.69) is 9.97 Å². The van der Waals surface area contributed by atoms with Crippen LogP contribution in [0.5, 0.6) is 6.01 Å². The summed E-state index contributed by atoms with van der Waals surface area (Å²) in [6, 6.07) is 5.41. The minimum absolute atomic E-state index is 0.207. The van der Waals surface area contributed by atoms with Crippen LogP contribution in [0.15, 0.2) is 23.0 Å². The standard InChI is InChI=1S/C15H19N3O2/c16-11-6-7-13-12(8-11)14(19)18-15(17-13)20-9-10-4-2-1-3-5-10/h6-8,10H,1-5,9,16H2,(H,17,18,19). The fourth-order valence-corrected chi connectivity index (χ4v) is 2.75. The van der Waals surface area contributed by atoms with Gasteiger partial charge in [-0.1, -0.05) is 19.3 Å². The highest BCUT2D eigenvalue weighted by Crippen LogP contribution is 2.24. The first-order chi connectivity index (χ1) is 9.72. The van der Waals surface area contributed by atoms with Crippen molar-refractivity contribution in [1.82, 2.24) is 9.97 Å². The van der Waals surface area contributed by atoms with E-state index in [1.54, 1.807) is 18.2 Å². The molecule has 1 heterocycles. The molecule has 5 nitrogen and oxygen atoms in total. The van der Waals surface area contributed by atoms with E-state index in [4.69, 9.17) is 10.5 Å². The predicted molar refractivity (Wildman–Crippen MR) is 78.8 cm³/mol. The number of hydrogen-bond acceptors (Lipinski definition) is 4.